The zero-order valence-corrected chi connectivity index (χ0v) is 19.4. The van der Waals surface area contributed by atoms with Gasteiger partial charge < -0.3 is 19.1 Å². The van der Waals surface area contributed by atoms with Crippen LogP contribution in [0.5, 0.6) is 5.75 Å². The summed E-state index contributed by atoms with van der Waals surface area (Å²) < 4.78 is 7.30. The lowest BCUT2D eigenvalue weighted by atomic mass is 9.91. The molecule has 0 unspecified atom stereocenters. The maximum atomic E-state index is 13.4. The second kappa shape index (κ2) is 9.90. The fourth-order valence-corrected chi connectivity index (χ4v) is 4.50. The number of amides is 2. The van der Waals surface area contributed by atoms with Crippen molar-refractivity contribution in [2.24, 2.45) is 13.0 Å². The van der Waals surface area contributed by atoms with Gasteiger partial charge in [-0.3, -0.25) is 9.59 Å². The van der Waals surface area contributed by atoms with Crippen LogP contribution in [0, 0.1) is 5.92 Å². The number of rotatable bonds is 6. The lowest BCUT2D eigenvalue weighted by Gasteiger charge is -2.24. The number of hydrogen-bond donors (Lipinski definition) is 0. The number of hydrogen-bond acceptors (Lipinski definition) is 4. The minimum atomic E-state index is -0.340. The molecule has 1 saturated heterocycles. The Bertz CT molecular complexity index is 1140. The molecule has 1 fully saturated rings. The molecule has 7 heteroatoms. The van der Waals surface area contributed by atoms with Crippen LogP contribution >= 0.6 is 0 Å². The number of carbonyl (C=O) groups excluding carboxylic acids is 2. The fourth-order valence-electron chi connectivity index (χ4n) is 4.50. The molecule has 7 nitrogen and oxygen atoms in total. The van der Waals surface area contributed by atoms with E-state index < -0.39 is 0 Å². The Hall–Kier alpha value is -3.61. The van der Waals surface area contributed by atoms with Crippen molar-refractivity contribution < 1.29 is 14.3 Å². The second-order valence-electron chi connectivity index (χ2n) is 8.29. The van der Waals surface area contributed by atoms with Gasteiger partial charge in [-0.2, -0.15) is 0 Å². The molecule has 3 aromatic rings. The van der Waals surface area contributed by atoms with Crippen LogP contribution in [0.25, 0.3) is 11.1 Å². The minimum absolute atomic E-state index is 0.0856. The van der Waals surface area contributed by atoms with Gasteiger partial charge in [0.15, 0.2) is 5.82 Å². The van der Waals surface area contributed by atoms with Gasteiger partial charge in [0.05, 0.1) is 13.0 Å². The van der Waals surface area contributed by atoms with E-state index in [-0.39, 0.29) is 17.7 Å². The van der Waals surface area contributed by atoms with Gasteiger partial charge in [-0.15, -0.1) is 0 Å². The molecule has 0 aliphatic carbocycles. The number of aryl methyl sites for hydroxylation is 1. The third-order valence-electron chi connectivity index (χ3n) is 6.30. The van der Waals surface area contributed by atoms with E-state index in [1.54, 1.807) is 29.0 Å². The summed E-state index contributed by atoms with van der Waals surface area (Å²) in [4.78, 5) is 34.5. The lowest BCUT2D eigenvalue weighted by Crippen LogP contribution is -2.38. The molecular formula is C26H30N4O3. The van der Waals surface area contributed by atoms with E-state index in [2.05, 4.69) is 17.1 Å². The average Bonchev–Trinajstić information content (AvgIpc) is 3.21. The van der Waals surface area contributed by atoms with E-state index in [1.165, 1.54) is 0 Å². The predicted molar refractivity (Wildman–Crippen MR) is 127 cm³/mol. The summed E-state index contributed by atoms with van der Waals surface area (Å²) in [5, 5.41) is 0. The average molecular weight is 447 g/mol. The van der Waals surface area contributed by atoms with Crippen LogP contribution in [0.3, 0.4) is 0 Å². The quantitative estimate of drug-likeness (QED) is 0.583. The van der Waals surface area contributed by atoms with Crippen molar-refractivity contribution in [3.8, 4) is 16.9 Å². The van der Waals surface area contributed by atoms with Crippen LogP contribution in [0.15, 0.2) is 60.9 Å². The van der Waals surface area contributed by atoms with E-state index in [0.29, 0.717) is 38.4 Å². The van der Waals surface area contributed by atoms with E-state index >= 15 is 0 Å². The highest BCUT2D eigenvalue weighted by molar-refractivity contribution is 5.92. The van der Waals surface area contributed by atoms with E-state index in [1.807, 2.05) is 55.3 Å². The van der Waals surface area contributed by atoms with Crippen LogP contribution in [-0.2, 0) is 18.3 Å². The number of aromatic nitrogens is 2. The molecule has 0 saturated carbocycles. The number of benzene rings is 2. The molecule has 4 rings (SSSR count). The van der Waals surface area contributed by atoms with E-state index in [4.69, 9.17) is 4.74 Å². The third kappa shape index (κ3) is 4.62. The highest BCUT2D eigenvalue weighted by Gasteiger charge is 2.33. The number of nitrogens with zero attached hydrogens (tertiary/aromatic N) is 4. The fraction of sp³-hybridized carbons (Fsp3) is 0.346. The Kier molecular flexibility index (Phi) is 6.77. The zero-order chi connectivity index (χ0) is 23.4. The van der Waals surface area contributed by atoms with Gasteiger partial charge in [-0.05, 0) is 30.5 Å². The molecule has 0 spiro atoms. The summed E-state index contributed by atoms with van der Waals surface area (Å²) in [6, 6.07) is 16.0. The largest absolute Gasteiger partial charge is 0.496 e. The number of likely N-dealkylation sites (N-methyl/N-ethyl adjacent to an activating group) is 1. The second-order valence-corrected chi connectivity index (χ2v) is 8.29. The SMILES string of the molecule is CCN1CCN(C(=O)c2nccn2C)C[C@@H](Cc2ccccc2-c2ccccc2OC)C1=O. The molecule has 2 aromatic carbocycles. The van der Waals surface area contributed by atoms with Gasteiger partial charge in [-0.25, -0.2) is 4.98 Å². The minimum Gasteiger partial charge on any atom is -0.496 e. The van der Waals surface area contributed by atoms with Crippen LogP contribution in [0.4, 0.5) is 0 Å². The third-order valence-corrected chi connectivity index (χ3v) is 6.30. The van der Waals surface area contributed by atoms with Gasteiger partial charge >= 0.3 is 0 Å². The molecule has 0 radical (unpaired) electrons. The first-order chi connectivity index (χ1) is 16.0. The molecule has 2 amide bonds. The van der Waals surface area contributed by atoms with Gasteiger partial charge in [0, 0.05) is 51.2 Å². The molecule has 0 bridgehead atoms. The molecule has 1 aliphatic rings. The van der Waals surface area contributed by atoms with Crippen LogP contribution in [-0.4, -0.2) is 64.5 Å². The van der Waals surface area contributed by atoms with Crippen molar-refractivity contribution in [1.29, 1.82) is 0 Å². The number of ether oxygens (including phenoxy) is 1. The summed E-state index contributed by atoms with van der Waals surface area (Å²) in [6.07, 6.45) is 3.92. The van der Waals surface area contributed by atoms with E-state index in [9.17, 15) is 9.59 Å². The highest BCUT2D eigenvalue weighted by atomic mass is 16.5. The number of methoxy groups -OCH3 is 1. The predicted octanol–water partition coefficient (Wildman–Crippen LogP) is 3.26. The monoisotopic (exact) mass is 446 g/mol. The van der Waals surface area contributed by atoms with Crippen molar-refractivity contribution >= 4 is 11.8 Å². The molecule has 1 atom stereocenters. The van der Waals surface area contributed by atoms with Crippen molar-refractivity contribution in [1.82, 2.24) is 19.4 Å². The summed E-state index contributed by atoms with van der Waals surface area (Å²) in [7, 11) is 3.47. The van der Waals surface area contributed by atoms with Gasteiger partial charge in [0.25, 0.3) is 5.91 Å². The van der Waals surface area contributed by atoms with Crippen LogP contribution < -0.4 is 4.74 Å². The molecule has 1 aliphatic heterocycles. The molecule has 172 valence electrons. The van der Waals surface area contributed by atoms with Crippen LogP contribution in [0.1, 0.15) is 23.1 Å². The van der Waals surface area contributed by atoms with Gasteiger partial charge in [0.1, 0.15) is 5.75 Å². The Morgan fingerprint density at radius 2 is 1.82 bits per heavy atom. The van der Waals surface area contributed by atoms with Gasteiger partial charge in [-0.1, -0.05) is 42.5 Å². The topological polar surface area (TPSA) is 67.7 Å². The van der Waals surface area contributed by atoms with Crippen molar-refractivity contribution in [2.75, 3.05) is 33.3 Å². The number of para-hydroxylation sites is 1. The summed E-state index contributed by atoms with van der Waals surface area (Å²) in [5.41, 5.74) is 3.09. The molecule has 0 N–H and O–H groups in total. The first kappa shape index (κ1) is 22.6. The summed E-state index contributed by atoms with van der Waals surface area (Å²) in [5.74, 6) is 0.783. The van der Waals surface area contributed by atoms with E-state index in [0.717, 1.165) is 22.4 Å². The standard InChI is InChI=1S/C26H30N4O3/c1-4-29-15-16-30(26(32)24-27-13-14-28(24)2)18-20(25(29)31)17-19-9-5-6-10-21(19)22-11-7-8-12-23(22)33-3/h5-14,20H,4,15-18H2,1-3H3/t20-/m1/s1. The van der Waals surface area contributed by atoms with Crippen molar-refractivity contribution in [2.45, 2.75) is 13.3 Å². The zero-order valence-electron chi connectivity index (χ0n) is 19.4. The molecule has 33 heavy (non-hydrogen) atoms. The van der Waals surface area contributed by atoms with Gasteiger partial charge in [0.2, 0.25) is 5.91 Å². The Labute approximate surface area is 194 Å². The molecule has 2 heterocycles. The Morgan fingerprint density at radius 1 is 1.09 bits per heavy atom. The normalized spacial score (nSPS) is 16.6. The first-order valence-corrected chi connectivity index (χ1v) is 11.3. The lowest BCUT2D eigenvalue weighted by molar-refractivity contribution is -0.134. The maximum absolute atomic E-state index is 13.4. The number of imidazole rings is 1. The molecular weight excluding hydrogens is 416 g/mol. The Morgan fingerprint density at radius 3 is 2.52 bits per heavy atom. The first-order valence-electron chi connectivity index (χ1n) is 11.3. The van der Waals surface area contributed by atoms with Crippen molar-refractivity contribution in [3.05, 3.63) is 72.3 Å². The van der Waals surface area contributed by atoms with Crippen LogP contribution in [0.2, 0.25) is 0 Å². The Balaban J connectivity index is 1.66. The van der Waals surface area contributed by atoms with Crippen molar-refractivity contribution in [3.63, 3.8) is 0 Å². The highest BCUT2D eigenvalue weighted by Crippen LogP contribution is 2.33. The smallest absolute Gasteiger partial charge is 0.289 e. The maximum Gasteiger partial charge on any atom is 0.289 e. The summed E-state index contributed by atoms with van der Waals surface area (Å²) >= 11 is 0. The molecule has 1 aromatic heterocycles. The summed E-state index contributed by atoms with van der Waals surface area (Å²) in [6.45, 7) is 3.98. The number of carbonyl (C=O) groups is 2.